The van der Waals surface area contributed by atoms with E-state index in [0.717, 1.165) is 43.0 Å². The van der Waals surface area contributed by atoms with E-state index in [2.05, 4.69) is 0 Å². The van der Waals surface area contributed by atoms with Crippen LogP contribution in [0.4, 0.5) is 11.4 Å². The number of rotatable bonds is 16. The van der Waals surface area contributed by atoms with Crippen LogP contribution in [0, 0.1) is 0 Å². The van der Waals surface area contributed by atoms with E-state index in [-0.39, 0.29) is 28.2 Å². The molecular formula is C51H56N4O15S4. The first kappa shape index (κ1) is 54.2. The van der Waals surface area contributed by atoms with Crippen LogP contribution in [0.25, 0.3) is 27.1 Å². The van der Waals surface area contributed by atoms with Crippen LogP contribution >= 0.6 is 0 Å². The number of hydrogen-bond acceptors (Lipinski definition) is 12. The Morgan fingerprint density at radius 2 is 1.23 bits per heavy atom. The topological polar surface area (TPSA) is 291 Å². The highest BCUT2D eigenvalue weighted by atomic mass is 32.2. The van der Waals surface area contributed by atoms with Gasteiger partial charge in [-0.25, -0.2) is 4.79 Å². The Kier molecular flexibility index (Phi) is 14.1. The van der Waals surface area contributed by atoms with Crippen LogP contribution in [0.2, 0.25) is 0 Å². The minimum atomic E-state index is -4.53. The van der Waals surface area contributed by atoms with Crippen molar-refractivity contribution in [2.45, 2.75) is 86.8 Å². The maximum atomic E-state index is 14.2. The highest BCUT2D eigenvalue weighted by Crippen LogP contribution is 2.52. The molecule has 8 rings (SSSR count). The molecule has 0 saturated carbocycles. The van der Waals surface area contributed by atoms with Gasteiger partial charge in [0, 0.05) is 61.6 Å². The number of allylic oxidation sites excluding steroid dienone is 8. The van der Waals surface area contributed by atoms with Gasteiger partial charge >= 0.3 is 5.69 Å². The van der Waals surface area contributed by atoms with E-state index in [1.54, 1.807) is 24.3 Å². The van der Waals surface area contributed by atoms with Crippen molar-refractivity contribution in [1.82, 2.24) is 9.13 Å². The zero-order chi connectivity index (χ0) is 54.2. The number of aromatic nitrogens is 2. The van der Waals surface area contributed by atoms with Crippen molar-refractivity contribution in [2.24, 2.45) is 14.1 Å². The van der Waals surface area contributed by atoms with Gasteiger partial charge in [-0.2, -0.15) is 38.2 Å². The molecular weight excluding hydrogens is 1040 g/mol. The summed E-state index contributed by atoms with van der Waals surface area (Å²) in [6.07, 6.45) is 8.90. The molecule has 394 valence electrons. The largest absolute Gasteiger partial charge is 0.859 e. The summed E-state index contributed by atoms with van der Waals surface area (Å²) in [4.78, 5) is 28.7. The lowest BCUT2D eigenvalue weighted by atomic mass is 9.79. The number of hydrogen-bond donors (Lipinski definition) is 4. The number of fused-ring (bicyclic) bond motifs is 6. The van der Waals surface area contributed by atoms with E-state index in [0.29, 0.717) is 77.0 Å². The van der Waals surface area contributed by atoms with Gasteiger partial charge in [0.25, 0.3) is 46.0 Å². The SMILES string of the molecule is Cn1c([O-])c(C2=C(/C=C/C3=[N+](CCCCS(=O)(=O)O)c4ccc5cc(S(=O)(=O)O)ccc5c4C3(C)C)CC/C2=C\C=C2\N(CCCCS(=O)(=O)O)c3ccc4cc(S(=O)(=O)O)ccc4c3C2(C)C)c(=O)n(C)c1=O. The Labute approximate surface area is 428 Å². The van der Waals surface area contributed by atoms with Gasteiger partial charge < -0.3 is 14.6 Å². The predicted octanol–water partition coefficient (Wildman–Crippen LogP) is 6.08. The van der Waals surface area contributed by atoms with Crippen molar-refractivity contribution >= 4 is 84.7 Å². The van der Waals surface area contributed by atoms with Crippen LogP contribution in [0.5, 0.6) is 5.88 Å². The molecule has 0 radical (unpaired) electrons. The van der Waals surface area contributed by atoms with Crippen LogP contribution in [-0.4, -0.2) is 95.9 Å². The maximum absolute atomic E-state index is 14.2. The van der Waals surface area contributed by atoms with E-state index >= 15 is 0 Å². The summed E-state index contributed by atoms with van der Waals surface area (Å²) in [5.74, 6) is -1.74. The molecule has 0 unspecified atom stereocenters. The summed E-state index contributed by atoms with van der Waals surface area (Å²) in [6, 6.07) is 15.7. The first-order chi connectivity index (χ1) is 34.3. The fourth-order valence-electron chi connectivity index (χ4n) is 10.8. The minimum Gasteiger partial charge on any atom is -0.859 e. The summed E-state index contributed by atoms with van der Waals surface area (Å²) in [6.45, 7) is 8.44. The molecule has 0 saturated heterocycles. The van der Waals surface area contributed by atoms with Crippen molar-refractivity contribution in [1.29, 1.82) is 0 Å². The van der Waals surface area contributed by atoms with Crippen LogP contribution in [0.15, 0.2) is 121 Å². The molecule has 4 aromatic carbocycles. The quantitative estimate of drug-likeness (QED) is 0.0494. The molecule has 0 amide bonds. The van der Waals surface area contributed by atoms with Crippen LogP contribution in [0.1, 0.15) is 82.9 Å². The van der Waals surface area contributed by atoms with E-state index in [1.807, 2.05) is 73.6 Å². The van der Waals surface area contributed by atoms with E-state index in [9.17, 15) is 66.6 Å². The lowest BCUT2D eigenvalue weighted by Gasteiger charge is -2.27. The third-order valence-corrected chi connectivity index (χ3v) is 17.7. The fraction of sp³-hybridized carbons (Fsp3) is 0.353. The molecule has 2 aliphatic heterocycles. The fourth-order valence-corrected chi connectivity index (χ4v) is 13.0. The Morgan fingerprint density at radius 3 is 1.81 bits per heavy atom. The number of anilines is 1. The summed E-state index contributed by atoms with van der Waals surface area (Å²) < 4.78 is 138. The standard InChI is InChI=1S/C51H56N4O15S4/c1-50(2)41(54(25-7-9-27-71(59,60)61)39-21-13-33-29-35(73(65,66)67)17-19-37(33)45(39)50)23-15-31-11-12-32(43(31)44-47(56)52(5)49(58)53(6)48(44)57)16-24-42-51(3,4)46-38-20-18-36(74(68,69)70)30-34(38)14-22-40(46)55(42)26-8-10-28-72(62,63)64/h13-24,29-30H,7-12,25-28H2,1-6H3,(H4,59,60,61,62,63,64,65,66,67,68,69,70)/b31-15+,41-23+. The first-order valence-corrected chi connectivity index (χ1v) is 29.7. The summed E-state index contributed by atoms with van der Waals surface area (Å²) >= 11 is 0. The van der Waals surface area contributed by atoms with Crippen molar-refractivity contribution in [3.8, 4) is 5.88 Å². The van der Waals surface area contributed by atoms with Crippen molar-refractivity contribution in [3.63, 3.8) is 0 Å². The third-order valence-electron chi connectivity index (χ3n) is 14.3. The molecule has 19 nitrogen and oxygen atoms in total. The zero-order valence-electron chi connectivity index (χ0n) is 41.4. The van der Waals surface area contributed by atoms with Gasteiger partial charge in [0.05, 0.1) is 32.3 Å². The highest BCUT2D eigenvalue weighted by Gasteiger charge is 2.46. The second-order valence-corrected chi connectivity index (χ2v) is 25.9. The Hall–Kier alpha value is -6.05. The Bertz CT molecular complexity index is 3990. The average molecular weight is 1090 g/mol. The van der Waals surface area contributed by atoms with E-state index < -0.39 is 79.9 Å². The monoisotopic (exact) mass is 1090 g/mol. The van der Waals surface area contributed by atoms with Gasteiger partial charge in [-0.3, -0.25) is 27.6 Å². The molecule has 3 heterocycles. The molecule has 74 heavy (non-hydrogen) atoms. The van der Waals surface area contributed by atoms with Gasteiger partial charge in [-0.1, -0.05) is 44.2 Å². The molecule has 4 N–H and O–H groups in total. The number of benzene rings is 4. The van der Waals surface area contributed by atoms with Gasteiger partial charge in [-0.15, -0.1) is 0 Å². The second-order valence-electron chi connectivity index (χ2n) is 19.9. The minimum absolute atomic E-state index is 0.129. The normalized spacial score (nSPS) is 18.1. The van der Waals surface area contributed by atoms with E-state index in [1.165, 1.54) is 38.4 Å². The van der Waals surface area contributed by atoms with Gasteiger partial charge in [0.15, 0.2) is 5.71 Å². The summed E-state index contributed by atoms with van der Waals surface area (Å²) in [5, 5.41) is 16.7. The van der Waals surface area contributed by atoms with Crippen molar-refractivity contribution in [2.75, 3.05) is 29.5 Å². The molecule has 3 aliphatic rings. The predicted molar refractivity (Wildman–Crippen MR) is 280 cm³/mol. The van der Waals surface area contributed by atoms with Gasteiger partial charge in [-0.05, 0) is 138 Å². The molecule has 1 aliphatic carbocycles. The number of unbranched alkanes of at least 4 members (excludes halogenated alkanes) is 2. The molecule has 1 aromatic heterocycles. The third kappa shape index (κ3) is 10.2. The highest BCUT2D eigenvalue weighted by molar-refractivity contribution is 7.86. The zero-order valence-corrected chi connectivity index (χ0v) is 44.6. The molecule has 0 atom stereocenters. The van der Waals surface area contributed by atoms with E-state index in [4.69, 9.17) is 0 Å². The smallest absolute Gasteiger partial charge is 0.329 e. The van der Waals surface area contributed by atoms with Crippen LogP contribution < -0.4 is 21.3 Å². The lowest BCUT2D eigenvalue weighted by Crippen LogP contribution is -2.40. The van der Waals surface area contributed by atoms with Crippen LogP contribution in [-0.2, 0) is 65.4 Å². The molecule has 5 aromatic rings. The van der Waals surface area contributed by atoms with Gasteiger partial charge in [0.2, 0.25) is 5.69 Å². The first-order valence-electron chi connectivity index (χ1n) is 23.6. The lowest BCUT2D eigenvalue weighted by molar-refractivity contribution is -0.438. The summed E-state index contributed by atoms with van der Waals surface area (Å²) in [7, 11) is -15.0. The van der Waals surface area contributed by atoms with Gasteiger partial charge in [0.1, 0.15) is 6.54 Å². The molecule has 0 bridgehead atoms. The molecule has 0 fully saturated rings. The average Bonchev–Trinajstić information content (AvgIpc) is 3.87. The molecule has 23 heteroatoms. The van der Waals surface area contributed by atoms with Crippen molar-refractivity contribution < 1.29 is 61.6 Å². The maximum Gasteiger partial charge on any atom is 0.329 e. The Morgan fingerprint density at radius 1 is 0.662 bits per heavy atom. The molecule has 0 spiro atoms. The summed E-state index contributed by atoms with van der Waals surface area (Å²) in [5.41, 5.74) is 2.47. The van der Waals surface area contributed by atoms with Crippen LogP contribution in [0.3, 0.4) is 0 Å². The Balaban J connectivity index is 1.30. The number of nitrogens with zero attached hydrogens (tertiary/aromatic N) is 4. The second kappa shape index (κ2) is 19.3. The van der Waals surface area contributed by atoms with Crippen molar-refractivity contribution in [3.05, 3.63) is 139 Å².